The maximum atomic E-state index is 12.2. The van der Waals surface area contributed by atoms with Gasteiger partial charge < -0.3 is 4.74 Å². The van der Waals surface area contributed by atoms with Crippen LogP contribution < -0.4 is 0 Å². The first-order chi connectivity index (χ1) is 9.79. The first-order valence-electron chi connectivity index (χ1n) is 6.65. The molecule has 2 saturated heterocycles. The van der Waals surface area contributed by atoms with Gasteiger partial charge in [-0.15, -0.1) is 0 Å². The van der Waals surface area contributed by atoms with E-state index >= 15 is 0 Å². The Kier molecular flexibility index (Phi) is 3.56. The average molecular weight is 276 g/mol. The third-order valence-electron chi connectivity index (χ3n) is 3.69. The molecule has 1 aromatic rings. The van der Waals surface area contributed by atoms with Crippen molar-refractivity contribution in [1.82, 2.24) is 9.96 Å². The highest BCUT2D eigenvalue weighted by Gasteiger charge is 2.46. The zero-order chi connectivity index (χ0) is 13.9. The normalized spacial score (nSPS) is 24.9. The summed E-state index contributed by atoms with van der Waals surface area (Å²) in [6, 6.07) is 9.51. The fraction of sp³-hybridized carbons (Fsp3) is 0.429. The average Bonchev–Trinajstić information content (AvgIpc) is 2.73. The molecule has 0 aliphatic carbocycles. The Balaban J connectivity index is 1.64. The SMILES string of the molecule is O=CO[C@@H]1CC[C@@H]2CN1C(=O)N2OCc1ccccc1. The van der Waals surface area contributed by atoms with E-state index < -0.39 is 6.23 Å². The fourth-order valence-electron chi connectivity index (χ4n) is 2.69. The number of carbonyl (C=O) groups excluding carboxylic acids is 2. The third kappa shape index (κ3) is 2.34. The molecule has 20 heavy (non-hydrogen) atoms. The second-order valence-electron chi connectivity index (χ2n) is 4.94. The highest BCUT2D eigenvalue weighted by molar-refractivity contribution is 5.76. The van der Waals surface area contributed by atoms with E-state index in [-0.39, 0.29) is 12.1 Å². The van der Waals surface area contributed by atoms with E-state index in [4.69, 9.17) is 9.57 Å². The van der Waals surface area contributed by atoms with Gasteiger partial charge in [0.2, 0.25) is 0 Å². The standard InChI is InChI=1S/C14H16N2O4/c17-10-19-13-7-6-12-8-15(13)14(18)16(12)20-9-11-4-2-1-3-5-11/h1-5,10,12-13H,6-9H2/t12-,13-/m1/s1. The number of nitrogens with zero attached hydrogens (tertiary/aromatic N) is 2. The highest BCUT2D eigenvalue weighted by Crippen LogP contribution is 2.30. The smallest absolute Gasteiger partial charge is 0.347 e. The summed E-state index contributed by atoms with van der Waals surface area (Å²) < 4.78 is 4.94. The maximum absolute atomic E-state index is 12.2. The monoisotopic (exact) mass is 276 g/mol. The Hall–Kier alpha value is -2.08. The topological polar surface area (TPSA) is 59.1 Å². The number of ether oxygens (including phenoxy) is 1. The van der Waals surface area contributed by atoms with Crippen molar-refractivity contribution in [1.29, 1.82) is 0 Å². The molecule has 6 heteroatoms. The molecule has 2 bridgehead atoms. The summed E-state index contributed by atoms with van der Waals surface area (Å²) in [6.07, 6.45) is 0.970. The van der Waals surface area contributed by atoms with E-state index in [2.05, 4.69) is 0 Å². The van der Waals surface area contributed by atoms with E-state index in [1.807, 2.05) is 30.3 Å². The lowest BCUT2D eigenvalue weighted by molar-refractivity contribution is -0.143. The molecule has 0 N–H and O–H groups in total. The zero-order valence-electron chi connectivity index (χ0n) is 11.0. The van der Waals surface area contributed by atoms with Crippen molar-refractivity contribution in [3.05, 3.63) is 35.9 Å². The lowest BCUT2D eigenvalue weighted by Gasteiger charge is -2.28. The molecule has 0 unspecified atom stereocenters. The van der Waals surface area contributed by atoms with Gasteiger partial charge in [-0.25, -0.2) is 4.79 Å². The van der Waals surface area contributed by atoms with Crippen LogP contribution in [0.2, 0.25) is 0 Å². The molecule has 0 aromatic heterocycles. The Morgan fingerprint density at radius 3 is 2.80 bits per heavy atom. The van der Waals surface area contributed by atoms with Crippen LogP contribution in [0.1, 0.15) is 18.4 Å². The Morgan fingerprint density at radius 2 is 2.05 bits per heavy atom. The van der Waals surface area contributed by atoms with Crippen LogP contribution in [0.4, 0.5) is 4.79 Å². The number of urea groups is 1. The molecule has 2 heterocycles. The number of hydroxylamine groups is 2. The molecule has 0 spiro atoms. The van der Waals surface area contributed by atoms with Crippen molar-refractivity contribution in [3.8, 4) is 0 Å². The van der Waals surface area contributed by atoms with E-state index in [1.54, 1.807) is 4.90 Å². The second kappa shape index (κ2) is 5.50. The molecule has 6 nitrogen and oxygen atoms in total. The largest absolute Gasteiger partial charge is 0.444 e. The van der Waals surface area contributed by atoms with Gasteiger partial charge in [-0.1, -0.05) is 30.3 Å². The molecule has 2 aliphatic heterocycles. The Labute approximate surface area is 116 Å². The van der Waals surface area contributed by atoms with Crippen molar-refractivity contribution in [2.45, 2.75) is 31.7 Å². The minimum atomic E-state index is -0.457. The fourth-order valence-corrected chi connectivity index (χ4v) is 2.69. The first kappa shape index (κ1) is 12.9. The van der Waals surface area contributed by atoms with Gasteiger partial charge in [0.25, 0.3) is 6.47 Å². The lowest BCUT2D eigenvalue weighted by atomic mass is 10.1. The first-order valence-corrected chi connectivity index (χ1v) is 6.65. The Bertz CT molecular complexity index is 493. The Morgan fingerprint density at radius 1 is 1.25 bits per heavy atom. The highest BCUT2D eigenvalue weighted by atomic mass is 16.7. The molecule has 1 aromatic carbocycles. The van der Waals surface area contributed by atoms with E-state index in [1.165, 1.54) is 5.06 Å². The van der Waals surface area contributed by atoms with Gasteiger partial charge in [-0.05, 0) is 12.0 Å². The van der Waals surface area contributed by atoms with Gasteiger partial charge in [-0.2, -0.15) is 5.06 Å². The zero-order valence-corrected chi connectivity index (χ0v) is 11.0. The number of rotatable bonds is 5. The molecular weight excluding hydrogens is 260 g/mol. The third-order valence-corrected chi connectivity index (χ3v) is 3.69. The van der Waals surface area contributed by atoms with Gasteiger partial charge >= 0.3 is 6.03 Å². The predicted molar refractivity (Wildman–Crippen MR) is 69.1 cm³/mol. The van der Waals surface area contributed by atoms with Crippen molar-refractivity contribution in [2.75, 3.05) is 6.54 Å². The molecule has 2 amide bonds. The molecule has 2 aliphatic rings. The molecule has 3 rings (SSSR count). The molecule has 0 saturated carbocycles. The van der Waals surface area contributed by atoms with E-state index in [0.29, 0.717) is 26.0 Å². The number of hydrogen-bond donors (Lipinski definition) is 0. The van der Waals surface area contributed by atoms with Crippen molar-refractivity contribution >= 4 is 12.5 Å². The van der Waals surface area contributed by atoms with Crippen LogP contribution in [0, 0.1) is 0 Å². The van der Waals surface area contributed by atoms with Gasteiger partial charge in [-0.3, -0.25) is 14.5 Å². The van der Waals surface area contributed by atoms with Crippen LogP contribution in [0.15, 0.2) is 30.3 Å². The molecule has 106 valence electrons. The van der Waals surface area contributed by atoms with E-state index in [0.717, 1.165) is 12.0 Å². The summed E-state index contributed by atoms with van der Waals surface area (Å²) >= 11 is 0. The quantitative estimate of drug-likeness (QED) is 0.765. The van der Waals surface area contributed by atoms with Gasteiger partial charge in [0.05, 0.1) is 6.04 Å². The van der Waals surface area contributed by atoms with Crippen LogP contribution in [0.25, 0.3) is 0 Å². The number of hydrogen-bond acceptors (Lipinski definition) is 4. The summed E-state index contributed by atoms with van der Waals surface area (Å²) in [5.41, 5.74) is 1.01. The predicted octanol–water partition coefficient (Wildman–Crippen LogP) is 1.52. The number of fused-ring (bicyclic) bond motifs is 2. The van der Waals surface area contributed by atoms with Crippen LogP contribution >= 0.6 is 0 Å². The summed E-state index contributed by atoms with van der Waals surface area (Å²) in [5, 5.41) is 1.42. The van der Waals surface area contributed by atoms with E-state index in [9.17, 15) is 9.59 Å². The summed E-state index contributed by atoms with van der Waals surface area (Å²) in [5.74, 6) is 0. The molecular formula is C14H16N2O4. The van der Waals surface area contributed by atoms with Gasteiger partial charge in [0.15, 0.2) is 6.23 Å². The van der Waals surface area contributed by atoms with Gasteiger partial charge in [0.1, 0.15) is 6.61 Å². The maximum Gasteiger partial charge on any atom is 0.347 e. The van der Waals surface area contributed by atoms with Crippen LogP contribution in [0.5, 0.6) is 0 Å². The second-order valence-corrected chi connectivity index (χ2v) is 4.94. The molecule has 0 radical (unpaired) electrons. The van der Waals surface area contributed by atoms with Crippen LogP contribution in [0.3, 0.4) is 0 Å². The van der Waals surface area contributed by atoms with Crippen molar-refractivity contribution < 1.29 is 19.2 Å². The van der Waals surface area contributed by atoms with Crippen molar-refractivity contribution in [3.63, 3.8) is 0 Å². The number of piperidine rings is 1. The molecule has 2 fully saturated rings. The minimum Gasteiger partial charge on any atom is -0.444 e. The van der Waals surface area contributed by atoms with Crippen LogP contribution in [-0.2, 0) is 21.0 Å². The minimum absolute atomic E-state index is 0.0396. The lowest BCUT2D eigenvalue weighted by Crippen LogP contribution is -2.41. The summed E-state index contributed by atoms with van der Waals surface area (Å²) in [6.45, 7) is 1.30. The van der Waals surface area contributed by atoms with Gasteiger partial charge in [0, 0.05) is 13.0 Å². The number of amides is 2. The number of carbonyl (C=O) groups is 2. The number of benzene rings is 1. The van der Waals surface area contributed by atoms with Crippen LogP contribution in [-0.4, -0.2) is 41.3 Å². The summed E-state index contributed by atoms with van der Waals surface area (Å²) in [7, 11) is 0. The summed E-state index contributed by atoms with van der Waals surface area (Å²) in [4.78, 5) is 29.9. The molecule has 2 atom stereocenters. The van der Waals surface area contributed by atoms with Crippen molar-refractivity contribution in [2.24, 2.45) is 0 Å².